The van der Waals surface area contributed by atoms with Crippen molar-refractivity contribution in [2.75, 3.05) is 4.90 Å². The van der Waals surface area contributed by atoms with Gasteiger partial charge in [0.2, 0.25) is 0 Å². The molecule has 1 aromatic heterocycles. The molecule has 0 N–H and O–H groups in total. The summed E-state index contributed by atoms with van der Waals surface area (Å²) in [5, 5.41) is 5.06. The molecule has 1 aliphatic heterocycles. The molecule has 13 aromatic rings. The van der Waals surface area contributed by atoms with Gasteiger partial charge in [-0.1, -0.05) is 231 Å². The van der Waals surface area contributed by atoms with Crippen molar-refractivity contribution in [3.8, 4) is 61.3 Å². The summed E-state index contributed by atoms with van der Waals surface area (Å²) in [6.45, 7) is 0. The molecule has 15 rings (SSSR count). The molecule has 12 aromatic carbocycles. The first kappa shape index (κ1) is 41.3. The lowest BCUT2D eigenvalue weighted by molar-refractivity contribution is 0.749. The van der Waals surface area contributed by atoms with Crippen LogP contribution < -0.4 is 4.90 Å². The summed E-state index contributed by atoms with van der Waals surface area (Å²) in [5.74, 6) is 0. The van der Waals surface area contributed by atoms with Crippen LogP contribution in [0.15, 0.2) is 279 Å². The second-order valence-corrected chi connectivity index (χ2v) is 19.5. The van der Waals surface area contributed by atoms with E-state index in [1.165, 1.54) is 99.5 Å². The third-order valence-corrected chi connectivity index (χ3v) is 15.8. The van der Waals surface area contributed by atoms with E-state index in [4.69, 9.17) is 0 Å². The van der Waals surface area contributed by atoms with Crippen molar-refractivity contribution in [1.29, 1.82) is 0 Å². The van der Waals surface area contributed by atoms with Crippen molar-refractivity contribution < 1.29 is 0 Å². The van der Waals surface area contributed by atoms with Gasteiger partial charge in [0.1, 0.15) is 0 Å². The average Bonchev–Trinajstić information content (AvgIpc) is 3.96. The Bertz CT molecular complexity index is 4310. The second-order valence-electron chi connectivity index (χ2n) is 19.5. The molecule has 0 bridgehead atoms. The van der Waals surface area contributed by atoms with Crippen LogP contribution in [0.4, 0.5) is 17.1 Å². The van der Waals surface area contributed by atoms with Gasteiger partial charge >= 0.3 is 0 Å². The first-order valence-corrected chi connectivity index (χ1v) is 25.3. The predicted molar refractivity (Wildman–Crippen MR) is 306 cm³/mol. The Hall–Kier alpha value is -9.50. The SMILES string of the molecule is c1ccc(-c2ccc(-c3ccccc3N(c3ccc(-c4cccc5ccccc45)cc3)c3cccc(-c4ccc5c(c4)C4(c6ccccc6-5)c5ccccc5-n5c6ccccc6c6cccc4c65)c3)cc2)cc1. The van der Waals surface area contributed by atoms with Gasteiger partial charge in [-0.05, 0) is 132 Å². The van der Waals surface area contributed by atoms with E-state index < -0.39 is 5.41 Å². The molecule has 2 heteroatoms. The molecular weight excluding hydrogens is 881 g/mol. The summed E-state index contributed by atoms with van der Waals surface area (Å²) in [5.41, 5.74) is 23.8. The lowest BCUT2D eigenvalue weighted by atomic mass is 9.65. The predicted octanol–water partition coefficient (Wildman–Crippen LogP) is 18.8. The highest BCUT2D eigenvalue weighted by Crippen LogP contribution is 2.61. The van der Waals surface area contributed by atoms with E-state index in [0.29, 0.717) is 0 Å². The van der Waals surface area contributed by atoms with Crippen molar-refractivity contribution in [2.45, 2.75) is 5.41 Å². The highest BCUT2D eigenvalue weighted by molar-refractivity contribution is 6.13. The van der Waals surface area contributed by atoms with Gasteiger partial charge in [-0.3, -0.25) is 0 Å². The molecule has 0 fully saturated rings. The van der Waals surface area contributed by atoms with Crippen molar-refractivity contribution in [3.63, 3.8) is 0 Å². The third-order valence-electron chi connectivity index (χ3n) is 15.8. The Morgan fingerprint density at radius 3 is 1.71 bits per heavy atom. The number of para-hydroxylation sites is 4. The van der Waals surface area contributed by atoms with Crippen LogP contribution in [0.2, 0.25) is 0 Å². The monoisotopic (exact) mass is 926 g/mol. The van der Waals surface area contributed by atoms with Crippen LogP contribution in [-0.2, 0) is 5.41 Å². The van der Waals surface area contributed by atoms with Crippen LogP contribution in [0.1, 0.15) is 22.3 Å². The Labute approximate surface area is 425 Å². The lowest BCUT2D eigenvalue weighted by Crippen LogP contribution is -2.33. The smallest absolute Gasteiger partial charge is 0.0754 e. The molecule has 0 amide bonds. The number of benzene rings is 12. The Kier molecular flexibility index (Phi) is 9.21. The van der Waals surface area contributed by atoms with E-state index in [0.717, 1.165) is 33.8 Å². The zero-order valence-electron chi connectivity index (χ0n) is 40.0. The van der Waals surface area contributed by atoms with E-state index in [1.807, 2.05) is 0 Å². The minimum absolute atomic E-state index is 0.535. The van der Waals surface area contributed by atoms with Gasteiger partial charge in [-0.25, -0.2) is 0 Å². The van der Waals surface area contributed by atoms with Gasteiger partial charge in [-0.15, -0.1) is 0 Å². The molecule has 0 radical (unpaired) electrons. The highest BCUT2D eigenvalue weighted by Gasteiger charge is 2.50. The van der Waals surface area contributed by atoms with Gasteiger partial charge in [0.15, 0.2) is 0 Å². The minimum Gasteiger partial charge on any atom is -0.310 e. The van der Waals surface area contributed by atoms with Crippen LogP contribution >= 0.6 is 0 Å². The van der Waals surface area contributed by atoms with E-state index in [-0.39, 0.29) is 0 Å². The molecule has 1 spiro atoms. The maximum atomic E-state index is 2.52. The largest absolute Gasteiger partial charge is 0.310 e. The molecule has 2 nitrogen and oxygen atoms in total. The Balaban J connectivity index is 0.910. The Morgan fingerprint density at radius 1 is 0.288 bits per heavy atom. The number of hydrogen-bond acceptors (Lipinski definition) is 1. The fraction of sp³-hybridized carbons (Fsp3) is 0.0141. The second kappa shape index (κ2) is 16.3. The number of aromatic nitrogens is 1. The fourth-order valence-electron chi connectivity index (χ4n) is 12.6. The maximum Gasteiger partial charge on any atom is 0.0754 e. The van der Waals surface area contributed by atoms with Crippen LogP contribution in [0.25, 0.3) is 93.9 Å². The van der Waals surface area contributed by atoms with Crippen LogP contribution in [0.5, 0.6) is 0 Å². The normalized spacial score (nSPS) is 14.1. The third kappa shape index (κ3) is 6.17. The number of fused-ring (bicyclic) bond motifs is 13. The number of nitrogens with zero attached hydrogens (tertiary/aromatic N) is 2. The van der Waals surface area contributed by atoms with Crippen molar-refractivity contribution in [1.82, 2.24) is 4.57 Å². The van der Waals surface area contributed by atoms with Gasteiger partial charge in [-0.2, -0.15) is 0 Å². The standard InChI is InChI=1S/C71H46N2/c1-2-17-47(18-3-1)48-35-37-51(38-36-48)58-24-7-11-32-67(58)72(54-42-39-50(40-43-54)57-27-15-20-49-19-4-5-23-56(49)57)55-22-14-21-52(45-55)53-41-44-60-59-25-6-9-29-63(59)71(66(60)46-53)64-30-10-13-34-69(64)73-68-33-12-8-26-61(68)62-28-16-31-65(71)70(62)73/h1-46H. The highest BCUT2D eigenvalue weighted by atomic mass is 15.1. The molecule has 73 heavy (non-hydrogen) atoms. The molecule has 2 heterocycles. The van der Waals surface area contributed by atoms with Crippen molar-refractivity contribution in [3.05, 3.63) is 301 Å². The number of anilines is 3. The zero-order valence-corrected chi connectivity index (χ0v) is 40.0. The van der Waals surface area contributed by atoms with E-state index >= 15 is 0 Å². The Morgan fingerprint density at radius 2 is 0.836 bits per heavy atom. The van der Waals surface area contributed by atoms with E-state index in [1.54, 1.807) is 0 Å². The summed E-state index contributed by atoms with van der Waals surface area (Å²) in [4.78, 5) is 2.44. The average molecular weight is 927 g/mol. The van der Waals surface area contributed by atoms with Crippen LogP contribution in [0.3, 0.4) is 0 Å². The lowest BCUT2D eigenvalue weighted by Gasteiger charge is -2.39. The molecule has 1 unspecified atom stereocenters. The van der Waals surface area contributed by atoms with Crippen molar-refractivity contribution >= 4 is 49.6 Å². The molecular formula is C71H46N2. The molecule has 0 saturated heterocycles. The van der Waals surface area contributed by atoms with Crippen molar-refractivity contribution in [2.24, 2.45) is 0 Å². The molecule has 1 aliphatic carbocycles. The topological polar surface area (TPSA) is 8.17 Å². The fourth-order valence-corrected chi connectivity index (χ4v) is 12.6. The summed E-state index contributed by atoms with van der Waals surface area (Å²) in [6.07, 6.45) is 0. The van der Waals surface area contributed by atoms with Crippen LogP contribution in [0, 0.1) is 0 Å². The maximum absolute atomic E-state index is 2.52. The number of rotatable bonds is 7. The van der Waals surface area contributed by atoms with Gasteiger partial charge in [0, 0.05) is 27.7 Å². The van der Waals surface area contributed by atoms with Gasteiger partial charge in [0.25, 0.3) is 0 Å². The molecule has 0 saturated carbocycles. The quantitative estimate of drug-likeness (QED) is 0.155. The summed E-state index contributed by atoms with van der Waals surface area (Å²) in [6, 6.07) is 103. The van der Waals surface area contributed by atoms with E-state index in [2.05, 4.69) is 289 Å². The van der Waals surface area contributed by atoms with Crippen LogP contribution in [-0.4, -0.2) is 4.57 Å². The first-order chi connectivity index (χ1) is 36.2. The molecule has 340 valence electrons. The molecule has 2 aliphatic rings. The van der Waals surface area contributed by atoms with Gasteiger partial charge < -0.3 is 9.47 Å². The van der Waals surface area contributed by atoms with E-state index in [9.17, 15) is 0 Å². The first-order valence-electron chi connectivity index (χ1n) is 25.3. The summed E-state index contributed by atoms with van der Waals surface area (Å²) in [7, 11) is 0. The minimum atomic E-state index is -0.535. The van der Waals surface area contributed by atoms with Gasteiger partial charge in [0.05, 0.1) is 27.8 Å². The summed E-state index contributed by atoms with van der Waals surface area (Å²) >= 11 is 0. The zero-order chi connectivity index (χ0) is 48.0. The number of hydrogen-bond donors (Lipinski definition) is 0. The molecule has 1 atom stereocenters. The summed E-state index contributed by atoms with van der Waals surface area (Å²) < 4.78 is 2.52.